The third-order valence-corrected chi connectivity index (χ3v) is 5.99. The highest BCUT2D eigenvalue weighted by Gasteiger charge is 2.18. The normalized spacial score (nSPS) is 15.8. The summed E-state index contributed by atoms with van der Waals surface area (Å²) in [6, 6.07) is 12.3. The molecule has 0 spiro atoms. The molecule has 3 heterocycles. The number of para-hydroxylation sites is 1. The molecule has 4 rings (SSSR count). The van der Waals surface area contributed by atoms with Crippen LogP contribution >= 0.6 is 11.3 Å². The average molecular weight is 399 g/mol. The van der Waals surface area contributed by atoms with Crippen LogP contribution in [0.25, 0.3) is 10.7 Å². The zero-order valence-corrected chi connectivity index (χ0v) is 17.0. The molecule has 3 aromatic rings. The van der Waals surface area contributed by atoms with Gasteiger partial charge in [-0.1, -0.05) is 29.4 Å². The highest BCUT2D eigenvalue weighted by Crippen LogP contribution is 2.22. The fourth-order valence-corrected chi connectivity index (χ4v) is 4.21. The van der Waals surface area contributed by atoms with Crippen LogP contribution in [0.5, 0.6) is 5.75 Å². The van der Waals surface area contributed by atoms with E-state index >= 15 is 0 Å². The van der Waals surface area contributed by atoms with E-state index in [9.17, 15) is 0 Å². The van der Waals surface area contributed by atoms with Crippen LogP contribution < -0.4 is 4.74 Å². The maximum Gasteiger partial charge on any atom is 0.227 e. The highest BCUT2D eigenvalue weighted by molar-refractivity contribution is 7.13. The Kier molecular flexibility index (Phi) is 6.36. The fraction of sp³-hybridized carbons (Fsp3) is 0.429. The molecule has 0 amide bonds. The zero-order valence-electron chi connectivity index (χ0n) is 16.2. The first-order valence-corrected chi connectivity index (χ1v) is 10.6. The summed E-state index contributed by atoms with van der Waals surface area (Å²) >= 11 is 1.63. The van der Waals surface area contributed by atoms with Crippen LogP contribution in [0.1, 0.15) is 17.9 Å². The third kappa shape index (κ3) is 4.79. The second-order valence-corrected chi connectivity index (χ2v) is 7.97. The molecule has 2 aromatic heterocycles. The van der Waals surface area contributed by atoms with Crippen molar-refractivity contribution in [3.8, 4) is 16.5 Å². The number of methoxy groups -OCH3 is 1. The lowest BCUT2D eigenvalue weighted by molar-refractivity contribution is 0.125. The summed E-state index contributed by atoms with van der Waals surface area (Å²) < 4.78 is 10.9. The number of hydrogen-bond acceptors (Lipinski definition) is 7. The highest BCUT2D eigenvalue weighted by atomic mass is 32.1. The van der Waals surface area contributed by atoms with Gasteiger partial charge < -0.3 is 14.2 Å². The van der Waals surface area contributed by atoms with Crippen molar-refractivity contribution in [2.75, 3.05) is 39.8 Å². The zero-order chi connectivity index (χ0) is 19.2. The Hall–Kier alpha value is -2.22. The minimum absolute atomic E-state index is 0.704. The van der Waals surface area contributed by atoms with Crippen LogP contribution in [0.2, 0.25) is 0 Å². The van der Waals surface area contributed by atoms with Crippen LogP contribution in [-0.2, 0) is 13.0 Å². The number of ether oxygens (including phenoxy) is 1. The maximum atomic E-state index is 5.47. The van der Waals surface area contributed by atoms with Crippen molar-refractivity contribution in [2.24, 2.45) is 0 Å². The quantitative estimate of drug-likeness (QED) is 0.578. The second-order valence-electron chi connectivity index (χ2n) is 7.02. The number of rotatable bonds is 8. The van der Waals surface area contributed by atoms with Crippen molar-refractivity contribution in [3.05, 3.63) is 53.2 Å². The monoisotopic (exact) mass is 398 g/mol. The Morgan fingerprint density at radius 1 is 1.07 bits per heavy atom. The Balaban J connectivity index is 1.19. The van der Waals surface area contributed by atoms with Crippen molar-refractivity contribution in [3.63, 3.8) is 0 Å². The summed E-state index contributed by atoms with van der Waals surface area (Å²) in [7, 11) is 1.74. The largest absolute Gasteiger partial charge is 0.496 e. The lowest BCUT2D eigenvalue weighted by atomic mass is 10.1. The smallest absolute Gasteiger partial charge is 0.227 e. The summed E-state index contributed by atoms with van der Waals surface area (Å²) in [4.78, 5) is 10.6. The Morgan fingerprint density at radius 3 is 2.68 bits per heavy atom. The number of hydrogen-bond donors (Lipinski definition) is 0. The van der Waals surface area contributed by atoms with Crippen LogP contribution in [0.3, 0.4) is 0 Å². The Morgan fingerprint density at radius 2 is 1.89 bits per heavy atom. The molecular weight excluding hydrogens is 372 g/mol. The molecule has 1 aliphatic rings. The number of nitrogens with zero attached hydrogens (tertiary/aromatic N) is 4. The Bertz CT molecular complexity index is 857. The van der Waals surface area contributed by atoms with E-state index in [2.05, 4.69) is 32.1 Å². The van der Waals surface area contributed by atoms with Gasteiger partial charge in [0.1, 0.15) is 5.75 Å². The molecule has 148 valence electrons. The predicted octanol–water partition coefficient (Wildman–Crippen LogP) is 3.56. The third-order valence-electron chi connectivity index (χ3n) is 5.13. The molecule has 1 saturated heterocycles. The first-order valence-electron chi connectivity index (χ1n) is 9.75. The van der Waals surface area contributed by atoms with Gasteiger partial charge in [-0.3, -0.25) is 4.90 Å². The van der Waals surface area contributed by atoms with E-state index in [-0.39, 0.29) is 0 Å². The lowest BCUT2D eigenvalue weighted by Crippen LogP contribution is -2.46. The molecule has 7 heteroatoms. The van der Waals surface area contributed by atoms with Crippen LogP contribution in [0.4, 0.5) is 0 Å². The minimum atomic E-state index is 0.704. The first kappa shape index (κ1) is 19.1. The molecule has 28 heavy (non-hydrogen) atoms. The van der Waals surface area contributed by atoms with Gasteiger partial charge in [0.2, 0.25) is 11.7 Å². The second kappa shape index (κ2) is 9.32. The SMILES string of the molecule is COc1ccccc1CN1CCN(CCCc2nc(-c3cccs3)no2)CC1. The van der Waals surface area contributed by atoms with Gasteiger partial charge in [0.15, 0.2) is 0 Å². The molecule has 0 bridgehead atoms. The summed E-state index contributed by atoms with van der Waals surface area (Å²) in [6.45, 7) is 6.38. The number of aryl methyl sites for hydroxylation is 1. The molecule has 0 unspecified atom stereocenters. The van der Waals surface area contributed by atoms with Crippen LogP contribution in [-0.4, -0.2) is 59.8 Å². The van der Waals surface area contributed by atoms with Gasteiger partial charge in [0.25, 0.3) is 0 Å². The number of piperazine rings is 1. The van der Waals surface area contributed by atoms with Gasteiger partial charge in [-0.15, -0.1) is 11.3 Å². The molecule has 1 aliphatic heterocycles. The van der Waals surface area contributed by atoms with Crippen molar-refractivity contribution in [1.29, 1.82) is 0 Å². The first-order chi connectivity index (χ1) is 13.8. The molecule has 0 saturated carbocycles. The molecule has 6 nitrogen and oxygen atoms in total. The molecule has 0 N–H and O–H groups in total. The van der Waals surface area contributed by atoms with Gasteiger partial charge in [0.05, 0.1) is 12.0 Å². The van der Waals surface area contributed by atoms with E-state index in [1.807, 2.05) is 29.6 Å². The van der Waals surface area contributed by atoms with Crippen molar-refractivity contribution >= 4 is 11.3 Å². The van der Waals surface area contributed by atoms with Gasteiger partial charge in [0, 0.05) is 44.7 Å². The minimum Gasteiger partial charge on any atom is -0.496 e. The average Bonchev–Trinajstić information content (AvgIpc) is 3.41. The molecule has 1 fully saturated rings. The topological polar surface area (TPSA) is 54.6 Å². The lowest BCUT2D eigenvalue weighted by Gasteiger charge is -2.34. The molecule has 0 atom stereocenters. The van der Waals surface area contributed by atoms with Crippen molar-refractivity contribution in [2.45, 2.75) is 19.4 Å². The van der Waals surface area contributed by atoms with E-state index in [0.29, 0.717) is 5.82 Å². The van der Waals surface area contributed by atoms with E-state index < -0.39 is 0 Å². The van der Waals surface area contributed by atoms with Crippen LogP contribution in [0.15, 0.2) is 46.3 Å². The summed E-state index contributed by atoms with van der Waals surface area (Å²) in [6.07, 6.45) is 1.87. The predicted molar refractivity (Wildman–Crippen MR) is 111 cm³/mol. The van der Waals surface area contributed by atoms with Gasteiger partial charge >= 0.3 is 0 Å². The summed E-state index contributed by atoms with van der Waals surface area (Å²) in [5.74, 6) is 2.42. The van der Waals surface area contributed by atoms with E-state index in [4.69, 9.17) is 9.26 Å². The molecule has 0 radical (unpaired) electrons. The molecule has 0 aliphatic carbocycles. The maximum absolute atomic E-state index is 5.47. The van der Waals surface area contributed by atoms with Crippen molar-refractivity contribution < 1.29 is 9.26 Å². The standard InChI is InChI=1S/C21H26N4O2S/c1-26-18-7-3-2-6-17(18)16-25-13-11-24(12-14-25)10-4-9-20-22-21(23-27-20)19-8-5-15-28-19/h2-3,5-8,15H,4,9-14,16H2,1H3. The molecule has 1 aromatic carbocycles. The van der Waals surface area contributed by atoms with Gasteiger partial charge in [-0.05, 0) is 30.5 Å². The Labute approximate surface area is 169 Å². The van der Waals surface area contributed by atoms with E-state index in [0.717, 1.165) is 68.6 Å². The van der Waals surface area contributed by atoms with Crippen molar-refractivity contribution in [1.82, 2.24) is 19.9 Å². The number of thiophene rings is 1. The summed E-state index contributed by atoms with van der Waals surface area (Å²) in [5, 5.41) is 6.11. The number of aromatic nitrogens is 2. The fourth-order valence-electron chi connectivity index (χ4n) is 3.56. The van der Waals surface area contributed by atoms with E-state index in [1.54, 1.807) is 18.4 Å². The van der Waals surface area contributed by atoms with Gasteiger partial charge in [-0.25, -0.2) is 0 Å². The number of benzene rings is 1. The van der Waals surface area contributed by atoms with E-state index in [1.165, 1.54) is 5.56 Å². The van der Waals surface area contributed by atoms with Crippen LogP contribution in [0, 0.1) is 0 Å². The summed E-state index contributed by atoms with van der Waals surface area (Å²) in [5.41, 5.74) is 1.26. The molecular formula is C21H26N4O2S. The van der Waals surface area contributed by atoms with Gasteiger partial charge in [-0.2, -0.15) is 4.98 Å².